The molecule has 0 amide bonds. The quantitative estimate of drug-likeness (QED) is 0.453. The highest BCUT2D eigenvalue weighted by atomic mass is 32.2. The van der Waals surface area contributed by atoms with Gasteiger partial charge in [-0.15, -0.1) is 5.92 Å². The van der Waals surface area contributed by atoms with Gasteiger partial charge >= 0.3 is 12.1 Å². The lowest BCUT2D eigenvalue weighted by Gasteiger charge is -2.23. The van der Waals surface area contributed by atoms with Gasteiger partial charge in [0, 0.05) is 0 Å². The third-order valence-electron chi connectivity index (χ3n) is 2.89. The fourth-order valence-corrected chi connectivity index (χ4v) is 2.19. The van der Waals surface area contributed by atoms with Crippen LogP contribution in [0.25, 0.3) is 0 Å². The lowest BCUT2D eigenvalue weighted by Crippen LogP contribution is -2.27. The maximum absolute atomic E-state index is 13.1. The first-order valence-corrected chi connectivity index (χ1v) is 8.82. The number of benzene rings is 1. The molecule has 0 aromatic heterocycles. The molecule has 1 rings (SSSR count). The Morgan fingerprint density at radius 1 is 1.27 bits per heavy atom. The number of esters is 1. The molecule has 1 N–H and O–H groups in total. The molecule has 6 nitrogen and oxygen atoms in total. The van der Waals surface area contributed by atoms with Gasteiger partial charge in [0.25, 0.3) is 10.1 Å². The Balaban J connectivity index is 3.15. The molecule has 0 unspecified atom stereocenters. The number of carbonyl (C=O) groups excluding carboxylic acids is 1. The maximum atomic E-state index is 13.1. The number of carbonyl (C=O) groups is 1. The van der Waals surface area contributed by atoms with Crippen LogP contribution in [-0.4, -0.2) is 36.9 Å². The van der Waals surface area contributed by atoms with Crippen molar-refractivity contribution in [3.05, 3.63) is 29.3 Å². The van der Waals surface area contributed by atoms with E-state index >= 15 is 0 Å². The van der Waals surface area contributed by atoms with E-state index < -0.39 is 51.5 Å². The molecule has 0 atom stereocenters. The Morgan fingerprint density at radius 3 is 2.38 bits per heavy atom. The molecule has 26 heavy (non-hydrogen) atoms. The molecular formula is C16H17F3O6S. The zero-order valence-corrected chi connectivity index (χ0v) is 15.0. The third-order valence-corrected chi connectivity index (χ3v) is 3.57. The first-order chi connectivity index (χ1) is 11.7. The van der Waals surface area contributed by atoms with E-state index in [-0.39, 0.29) is 5.56 Å². The van der Waals surface area contributed by atoms with Crippen molar-refractivity contribution in [3.63, 3.8) is 0 Å². The first kappa shape index (κ1) is 21.8. The molecule has 144 valence electrons. The van der Waals surface area contributed by atoms with Crippen LogP contribution in [0.1, 0.15) is 36.7 Å². The number of alkyl halides is 3. The van der Waals surface area contributed by atoms with E-state index in [2.05, 4.69) is 16.6 Å². The van der Waals surface area contributed by atoms with Gasteiger partial charge in [0.15, 0.2) is 5.60 Å². The van der Waals surface area contributed by atoms with E-state index in [1.54, 1.807) is 0 Å². The molecule has 1 aromatic rings. The minimum Gasteiger partial charge on any atom is -0.475 e. The average Bonchev–Trinajstić information content (AvgIpc) is 2.43. The SMILES string of the molecule is CC#CC(C)(C)Oc1cc(C(=O)OCCS(=O)(=O)O)ccc1C(F)(F)F. The lowest BCUT2D eigenvalue weighted by atomic mass is 10.1. The van der Waals surface area contributed by atoms with Gasteiger partial charge < -0.3 is 9.47 Å². The predicted octanol–water partition coefficient (Wildman–Crippen LogP) is 2.93. The van der Waals surface area contributed by atoms with Crippen molar-refractivity contribution in [3.8, 4) is 17.6 Å². The minimum atomic E-state index is -4.72. The van der Waals surface area contributed by atoms with Crippen LogP contribution in [0.4, 0.5) is 13.2 Å². The smallest absolute Gasteiger partial charge is 0.419 e. The topological polar surface area (TPSA) is 89.9 Å². The van der Waals surface area contributed by atoms with Gasteiger partial charge in [0.05, 0.1) is 11.1 Å². The fourth-order valence-electron chi connectivity index (χ4n) is 1.89. The van der Waals surface area contributed by atoms with Gasteiger partial charge in [0.1, 0.15) is 18.1 Å². The summed E-state index contributed by atoms with van der Waals surface area (Å²) in [4.78, 5) is 11.9. The molecule has 0 bridgehead atoms. The molecule has 0 fully saturated rings. The average molecular weight is 394 g/mol. The van der Waals surface area contributed by atoms with Crippen LogP contribution in [0.2, 0.25) is 0 Å². The molecule has 10 heteroatoms. The molecule has 0 spiro atoms. The van der Waals surface area contributed by atoms with E-state index in [1.807, 2.05) is 0 Å². The minimum absolute atomic E-state index is 0.274. The Morgan fingerprint density at radius 2 is 1.88 bits per heavy atom. The maximum Gasteiger partial charge on any atom is 0.419 e. The van der Waals surface area contributed by atoms with Crippen LogP contribution in [0.5, 0.6) is 5.75 Å². The monoisotopic (exact) mass is 394 g/mol. The van der Waals surface area contributed by atoms with Crippen LogP contribution in [0.3, 0.4) is 0 Å². The summed E-state index contributed by atoms with van der Waals surface area (Å²) >= 11 is 0. The second-order valence-corrected chi connectivity index (χ2v) is 7.19. The Labute approximate surface area is 149 Å². The highest BCUT2D eigenvalue weighted by molar-refractivity contribution is 7.85. The van der Waals surface area contributed by atoms with Gasteiger partial charge in [-0.05, 0) is 39.0 Å². The molecular weight excluding hydrogens is 377 g/mol. The summed E-state index contributed by atoms with van der Waals surface area (Å²) in [5, 5.41) is 0. The van der Waals surface area contributed by atoms with Crippen LogP contribution in [0.15, 0.2) is 18.2 Å². The Hall–Kier alpha value is -2.25. The third kappa shape index (κ3) is 6.93. The molecule has 0 aliphatic rings. The zero-order chi connectivity index (χ0) is 20.2. The Bertz CT molecular complexity index is 832. The molecule has 0 aliphatic heterocycles. The van der Waals surface area contributed by atoms with Crippen LogP contribution in [0, 0.1) is 11.8 Å². The summed E-state index contributed by atoms with van der Waals surface area (Å²) in [6.07, 6.45) is -4.72. The molecule has 0 saturated heterocycles. The highest BCUT2D eigenvalue weighted by Gasteiger charge is 2.36. The summed E-state index contributed by atoms with van der Waals surface area (Å²) in [5.74, 6) is 2.62. The van der Waals surface area contributed by atoms with Crippen molar-refractivity contribution in [2.24, 2.45) is 0 Å². The van der Waals surface area contributed by atoms with E-state index in [1.165, 1.54) is 20.8 Å². The lowest BCUT2D eigenvalue weighted by molar-refractivity contribution is -0.139. The van der Waals surface area contributed by atoms with Gasteiger partial charge in [-0.2, -0.15) is 21.6 Å². The van der Waals surface area contributed by atoms with E-state index in [9.17, 15) is 26.4 Å². The number of halogens is 3. The molecule has 0 aliphatic carbocycles. The fraction of sp³-hybridized carbons (Fsp3) is 0.438. The number of hydrogen-bond acceptors (Lipinski definition) is 5. The van der Waals surface area contributed by atoms with Crippen molar-refractivity contribution in [1.82, 2.24) is 0 Å². The molecule has 0 heterocycles. The van der Waals surface area contributed by atoms with Crippen LogP contribution in [-0.2, 0) is 21.0 Å². The summed E-state index contributed by atoms with van der Waals surface area (Å²) in [6.45, 7) is 3.77. The summed E-state index contributed by atoms with van der Waals surface area (Å²) in [5.41, 5.74) is -2.62. The second-order valence-electron chi connectivity index (χ2n) is 5.62. The molecule has 0 saturated carbocycles. The van der Waals surface area contributed by atoms with Crippen LogP contribution < -0.4 is 4.74 Å². The highest BCUT2D eigenvalue weighted by Crippen LogP contribution is 2.38. The van der Waals surface area contributed by atoms with Crippen LogP contribution >= 0.6 is 0 Å². The van der Waals surface area contributed by atoms with Crippen molar-refractivity contribution >= 4 is 16.1 Å². The van der Waals surface area contributed by atoms with E-state index in [4.69, 9.17) is 9.29 Å². The normalized spacial score (nSPS) is 12.1. The van der Waals surface area contributed by atoms with Crippen molar-refractivity contribution < 1.29 is 40.4 Å². The van der Waals surface area contributed by atoms with Crippen molar-refractivity contribution in [1.29, 1.82) is 0 Å². The van der Waals surface area contributed by atoms with Gasteiger partial charge in [-0.1, -0.05) is 5.92 Å². The number of rotatable bonds is 6. The predicted molar refractivity (Wildman–Crippen MR) is 86.3 cm³/mol. The van der Waals surface area contributed by atoms with Crippen molar-refractivity contribution in [2.75, 3.05) is 12.4 Å². The van der Waals surface area contributed by atoms with E-state index in [0.717, 1.165) is 12.1 Å². The van der Waals surface area contributed by atoms with Gasteiger partial charge in [0.2, 0.25) is 0 Å². The standard InChI is InChI=1S/C16H17F3O6S/c1-4-7-15(2,3)25-13-10-11(5-6-12(13)16(17,18)19)14(20)24-8-9-26(21,22)23/h5-6,10H,8-9H2,1-3H3,(H,21,22,23). The van der Waals surface area contributed by atoms with Gasteiger partial charge in [-0.3, -0.25) is 4.55 Å². The molecule has 0 radical (unpaired) electrons. The summed E-state index contributed by atoms with van der Waals surface area (Å²) in [7, 11) is -4.33. The van der Waals surface area contributed by atoms with Gasteiger partial charge in [-0.25, -0.2) is 4.79 Å². The summed E-state index contributed by atoms with van der Waals surface area (Å²) < 4.78 is 79.1. The Kier molecular flexibility index (Phi) is 6.68. The zero-order valence-electron chi connectivity index (χ0n) is 14.2. The second kappa shape index (κ2) is 7.97. The number of hydrogen-bond donors (Lipinski definition) is 1. The first-order valence-electron chi connectivity index (χ1n) is 7.21. The van der Waals surface area contributed by atoms with Crippen molar-refractivity contribution in [2.45, 2.75) is 32.5 Å². The van der Waals surface area contributed by atoms with E-state index in [0.29, 0.717) is 6.07 Å². The summed E-state index contributed by atoms with van der Waals surface area (Å²) in [6, 6.07) is 2.38. The molecule has 1 aromatic carbocycles. The largest absolute Gasteiger partial charge is 0.475 e. The number of ether oxygens (including phenoxy) is 2.